The maximum absolute atomic E-state index is 11.7. The lowest BCUT2D eigenvalue weighted by Gasteiger charge is -2.01. The zero-order valence-electron chi connectivity index (χ0n) is 12.5. The average molecular weight is 306 g/mol. The molecule has 0 aliphatic heterocycles. The zero-order valence-corrected chi connectivity index (χ0v) is 12.5. The number of carbonyl (C=O) groups excluding carboxylic acids is 1. The number of rotatable bonds is 4. The third kappa shape index (κ3) is 3.32. The molecule has 0 unspecified atom stereocenters. The number of pyridine rings is 1. The van der Waals surface area contributed by atoms with Crippen molar-refractivity contribution in [3.05, 3.63) is 72.3 Å². The Bertz CT molecular complexity index is 841. The maximum Gasteiger partial charge on any atom is 0.340 e. The van der Waals surface area contributed by atoms with Crippen molar-refractivity contribution in [1.82, 2.24) is 14.8 Å². The summed E-state index contributed by atoms with van der Waals surface area (Å²) in [5.74, 6) is -0.445. The van der Waals surface area contributed by atoms with Crippen LogP contribution in [0.5, 0.6) is 0 Å². The normalized spacial score (nSPS) is 10.8. The molecule has 0 fully saturated rings. The van der Waals surface area contributed by atoms with Gasteiger partial charge in [0.2, 0.25) is 0 Å². The lowest BCUT2D eigenvalue weighted by Crippen LogP contribution is -2.01. The second-order valence-electron chi connectivity index (χ2n) is 4.70. The van der Waals surface area contributed by atoms with Crippen LogP contribution in [0, 0.1) is 0 Å². The molecule has 0 spiro atoms. The largest absolute Gasteiger partial charge is 0.465 e. The predicted molar refractivity (Wildman–Crippen MR) is 86.4 cm³/mol. The van der Waals surface area contributed by atoms with Crippen LogP contribution < -0.4 is 0 Å². The summed E-state index contributed by atoms with van der Waals surface area (Å²) in [7, 11) is 1.33. The van der Waals surface area contributed by atoms with Crippen molar-refractivity contribution < 1.29 is 9.53 Å². The molecule has 0 atom stereocenters. The van der Waals surface area contributed by atoms with E-state index in [1.54, 1.807) is 23.2 Å². The summed E-state index contributed by atoms with van der Waals surface area (Å²) in [5.41, 5.74) is 2.60. The molecule has 2 heterocycles. The van der Waals surface area contributed by atoms with Gasteiger partial charge in [0.05, 0.1) is 36.4 Å². The monoisotopic (exact) mass is 306 g/mol. The number of carbonyl (C=O) groups is 1. The van der Waals surface area contributed by atoms with Crippen LogP contribution in [-0.4, -0.2) is 34.1 Å². The highest BCUT2D eigenvalue weighted by Crippen LogP contribution is 2.18. The first-order chi connectivity index (χ1) is 11.3. The van der Waals surface area contributed by atoms with Gasteiger partial charge in [-0.05, 0) is 18.2 Å². The van der Waals surface area contributed by atoms with Crippen LogP contribution in [0.25, 0.3) is 5.69 Å². The molecule has 2 aromatic heterocycles. The molecule has 0 bridgehead atoms. The Hall–Kier alpha value is -3.28. The third-order valence-corrected chi connectivity index (χ3v) is 3.18. The van der Waals surface area contributed by atoms with E-state index >= 15 is 0 Å². The lowest BCUT2D eigenvalue weighted by molar-refractivity contribution is 0.0601. The molecular formula is C17H14N4O2. The summed E-state index contributed by atoms with van der Waals surface area (Å²) in [6.07, 6.45) is 8.23. The van der Waals surface area contributed by atoms with Crippen LogP contribution in [0.2, 0.25) is 0 Å². The molecule has 23 heavy (non-hydrogen) atoms. The highest BCUT2D eigenvalue weighted by Gasteiger charge is 2.10. The van der Waals surface area contributed by atoms with E-state index in [1.165, 1.54) is 19.5 Å². The van der Waals surface area contributed by atoms with Crippen LogP contribution in [0.4, 0.5) is 5.69 Å². The maximum atomic E-state index is 11.7. The van der Waals surface area contributed by atoms with E-state index in [-0.39, 0.29) is 0 Å². The van der Waals surface area contributed by atoms with Crippen molar-refractivity contribution in [2.24, 2.45) is 4.99 Å². The summed E-state index contributed by atoms with van der Waals surface area (Å²) in [6.45, 7) is 0. The van der Waals surface area contributed by atoms with Crippen molar-refractivity contribution in [2.75, 3.05) is 7.11 Å². The van der Waals surface area contributed by atoms with Gasteiger partial charge in [-0.2, -0.15) is 5.10 Å². The first-order valence-corrected chi connectivity index (χ1v) is 6.94. The predicted octanol–water partition coefficient (Wildman–Crippen LogP) is 2.80. The number of esters is 1. The molecule has 6 nitrogen and oxygen atoms in total. The quantitative estimate of drug-likeness (QED) is 0.549. The topological polar surface area (TPSA) is 69.4 Å². The average Bonchev–Trinajstić information content (AvgIpc) is 3.09. The van der Waals surface area contributed by atoms with E-state index in [0.29, 0.717) is 11.3 Å². The lowest BCUT2D eigenvalue weighted by atomic mass is 10.2. The smallest absolute Gasteiger partial charge is 0.340 e. The highest BCUT2D eigenvalue weighted by molar-refractivity contribution is 5.95. The van der Waals surface area contributed by atoms with Crippen LogP contribution in [0.1, 0.15) is 15.9 Å². The number of benzene rings is 1. The Morgan fingerprint density at radius 1 is 1.22 bits per heavy atom. The number of aliphatic imine (C=N–C) groups is 1. The molecule has 0 N–H and O–H groups in total. The summed E-state index contributed by atoms with van der Waals surface area (Å²) in [5, 5.41) is 4.29. The molecule has 0 amide bonds. The van der Waals surface area contributed by atoms with Crippen LogP contribution in [-0.2, 0) is 4.74 Å². The minimum atomic E-state index is -0.445. The molecule has 0 radical (unpaired) electrons. The van der Waals surface area contributed by atoms with Crippen molar-refractivity contribution in [2.45, 2.75) is 0 Å². The molecule has 114 valence electrons. The molecule has 3 rings (SSSR count). The first-order valence-electron chi connectivity index (χ1n) is 6.94. The molecule has 0 saturated heterocycles. The van der Waals surface area contributed by atoms with Crippen LogP contribution in [0.15, 0.2) is 66.2 Å². The van der Waals surface area contributed by atoms with Gasteiger partial charge in [0, 0.05) is 24.2 Å². The van der Waals surface area contributed by atoms with E-state index in [2.05, 4.69) is 15.1 Å². The standard InChI is InChI=1S/C17H14N4O2/c1-23-17(22)15-7-8-18-11-16(15)19-9-13-10-20-21(12-13)14-5-3-2-4-6-14/h2-12H,1H3. The summed E-state index contributed by atoms with van der Waals surface area (Å²) in [6, 6.07) is 11.3. The van der Waals surface area contributed by atoms with Gasteiger partial charge in [0.1, 0.15) is 0 Å². The van der Waals surface area contributed by atoms with E-state index in [9.17, 15) is 4.79 Å². The summed E-state index contributed by atoms with van der Waals surface area (Å²) in [4.78, 5) is 20.0. The first kappa shape index (κ1) is 14.6. The fourth-order valence-electron chi connectivity index (χ4n) is 2.04. The Balaban J connectivity index is 1.85. The fourth-order valence-corrected chi connectivity index (χ4v) is 2.04. The second kappa shape index (κ2) is 6.65. The van der Waals surface area contributed by atoms with E-state index < -0.39 is 5.97 Å². The van der Waals surface area contributed by atoms with Crippen molar-refractivity contribution in [1.29, 1.82) is 0 Å². The van der Waals surface area contributed by atoms with Crippen LogP contribution in [0.3, 0.4) is 0 Å². The summed E-state index contributed by atoms with van der Waals surface area (Å²) < 4.78 is 6.49. The Kier molecular flexibility index (Phi) is 4.24. The summed E-state index contributed by atoms with van der Waals surface area (Å²) >= 11 is 0. The highest BCUT2D eigenvalue weighted by atomic mass is 16.5. The number of methoxy groups -OCH3 is 1. The SMILES string of the molecule is COC(=O)c1ccncc1N=Cc1cnn(-c2ccccc2)c1. The van der Waals surface area contributed by atoms with Gasteiger partial charge in [-0.25, -0.2) is 9.48 Å². The minimum Gasteiger partial charge on any atom is -0.465 e. The van der Waals surface area contributed by atoms with Crippen molar-refractivity contribution >= 4 is 17.9 Å². The Morgan fingerprint density at radius 3 is 2.83 bits per heavy atom. The van der Waals surface area contributed by atoms with Gasteiger partial charge in [0.25, 0.3) is 0 Å². The van der Waals surface area contributed by atoms with Gasteiger partial charge in [-0.3, -0.25) is 9.98 Å². The van der Waals surface area contributed by atoms with E-state index in [4.69, 9.17) is 4.74 Å². The van der Waals surface area contributed by atoms with Gasteiger partial charge in [-0.1, -0.05) is 18.2 Å². The number of hydrogen-bond acceptors (Lipinski definition) is 5. The van der Waals surface area contributed by atoms with Crippen molar-refractivity contribution in [3.8, 4) is 5.69 Å². The van der Waals surface area contributed by atoms with Gasteiger partial charge >= 0.3 is 5.97 Å². The number of para-hydroxylation sites is 1. The number of hydrogen-bond donors (Lipinski definition) is 0. The molecule has 0 aliphatic rings. The Morgan fingerprint density at radius 2 is 2.04 bits per heavy atom. The van der Waals surface area contributed by atoms with Crippen LogP contribution >= 0.6 is 0 Å². The molecule has 6 heteroatoms. The number of ether oxygens (including phenoxy) is 1. The Labute approximate surface area is 133 Å². The number of nitrogens with zero attached hydrogens (tertiary/aromatic N) is 4. The van der Waals surface area contributed by atoms with Gasteiger partial charge in [0.15, 0.2) is 0 Å². The molecule has 0 aliphatic carbocycles. The van der Waals surface area contributed by atoms with Gasteiger partial charge < -0.3 is 4.74 Å². The number of aromatic nitrogens is 3. The van der Waals surface area contributed by atoms with Gasteiger partial charge in [-0.15, -0.1) is 0 Å². The van der Waals surface area contributed by atoms with E-state index in [1.807, 2.05) is 36.5 Å². The fraction of sp³-hybridized carbons (Fsp3) is 0.0588. The second-order valence-corrected chi connectivity index (χ2v) is 4.70. The van der Waals surface area contributed by atoms with E-state index in [0.717, 1.165) is 11.3 Å². The molecule has 0 saturated carbocycles. The van der Waals surface area contributed by atoms with Crippen molar-refractivity contribution in [3.63, 3.8) is 0 Å². The third-order valence-electron chi connectivity index (χ3n) is 3.18. The molecular weight excluding hydrogens is 292 g/mol. The zero-order chi connectivity index (χ0) is 16.1. The minimum absolute atomic E-state index is 0.370. The molecule has 3 aromatic rings. The molecule has 1 aromatic carbocycles.